The number of ether oxygens (including phenoxy) is 1. The lowest BCUT2D eigenvalue weighted by Crippen LogP contribution is -2.61. The standard InChI is InChI=1S/C29H40N4O7/c1-17(2)14-20(30-27(36)24-16-19-10-6-7-12-23(19)40-24)26(35)32-25-22(34)11-8-9-13-33(25)29(38)31-21(15-18(3)4)28(37)39-5/h6-7,10,12,16-18,20-21,25H,8-9,11,13-15H2,1-5H3,(H,30,36)(H,31,38)(H,32,35)/t20-,21+,25+/m0/s1. The number of methoxy groups -OCH3 is 1. The number of carbonyl (C=O) groups is 5. The maximum atomic E-state index is 13.5. The van der Waals surface area contributed by atoms with Gasteiger partial charge in [0.25, 0.3) is 5.91 Å². The average Bonchev–Trinajstić information content (AvgIpc) is 3.26. The Labute approximate surface area is 234 Å². The second-order valence-electron chi connectivity index (χ2n) is 11.0. The molecule has 1 saturated heterocycles. The second kappa shape index (κ2) is 14.0. The normalized spacial score (nSPS) is 17.3. The Kier molecular flexibility index (Phi) is 10.7. The summed E-state index contributed by atoms with van der Waals surface area (Å²) in [6, 6.07) is 6.26. The van der Waals surface area contributed by atoms with Crippen LogP contribution in [0.3, 0.4) is 0 Å². The fourth-order valence-electron chi connectivity index (χ4n) is 4.72. The van der Waals surface area contributed by atoms with E-state index in [0.29, 0.717) is 31.3 Å². The van der Waals surface area contributed by atoms with Crippen molar-refractivity contribution in [1.29, 1.82) is 0 Å². The number of nitrogens with zero attached hydrogens (tertiary/aromatic N) is 1. The molecule has 40 heavy (non-hydrogen) atoms. The SMILES string of the molecule is COC(=O)[C@@H](CC(C)C)NC(=O)N1CCCCC(=O)[C@@H]1NC(=O)[C@H](CC(C)C)NC(=O)c1cc2ccccc2o1. The zero-order valence-electron chi connectivity index (χ0n) is 23.8. The van der Waals surface area contributed by atoms with Crippen LogP contribution in [0.25, 0.3) is 11.0 Å². The van der Waals surface area contributed by atoms with E-state index in [1.165, 1.54) is 12.0 Å². The number of para-hydroxylation sites is 1. The first-order chi connectivity index (χ1) is 19.0. The third-order valence-electron chi connectivity index (χ3n) is 6.70. The van der Waals surface area contributed by atoms with Gasteiger partial charge in [-0.3, -0.25) is 19.3 Å². The number of nitrogens with one attached hydrogen (secondary N) is 3. The Morgan fingerprint density at radius 1 is 1.00 bits per heavy atom. The van der Waals surface area contributed by atoms with E-state index in [2.05, 4.69) is 16.0 Å². The smallest absolute Gasteiger partial charge is 0.328 e. The highest BCUT2D eigenvalue weighted by molar-refractivity contribution is 6.00. The molecule has 0 bridgehead atoms. The summed E-state index contributed by atoms with van der Waals surface area (Å²) in [6.07, 6.45) is 0.688. The lowest BCUT2D eigenvalue weighted by molar-refractivity contribution is -0.143. The first kappa shape index (κ1) is 30.6. The molecule has 11 heteroatoms. The van der Waals surface area contributed by atoms with Crippen LogP contribution in [-0.4, -0.2) is 66.4 Å². The maximum absolute atomic E-state index is 13.5. The molecule has 2 heterocycles. The summed E-state index contributed by atoms with van der Waals surface area (Å²) in [4.78, 5) is 66.4. The van der Waals surface area contributed by atoms with Crippen LogP contribution in [0.2, 0.25) is 0 Å². The third-order valence-corrected chi connectivity index (χ3v) is 6.70. The van der Waals surface area contributed by atoms with Crippen molar-refractivity contribution in [1.82, 2.24) is 20.9 Å². The molecule has 3 N–H and O–H groups in total. The van der Waals surface area contributed by atoms with Gasteiger partial charge < -0.3 is 25.1 Å². The minimum absolute atomic E-state index is 0.0350. The van der Waals surface area contributed by atoms with Gasteiger partial charge in [-0.15, -0.1) is 0 Å². The molecule has 0 spiro atoms. The molecule has 0 radical (unpaired) electrons. The molecule has 3 rings (SSSR count). The van der Waals surface area contributed by atoms with Crippen molar-refractivity contribution in [2.24, 2.45) is 11.8 Å². The molecule has 3 atom stereocenters. The van der Waals surface area contributed by atoms with Gasteiger partial charge in [-0.2, -0.15) is 0 Å². The summed E-state index contributed by atoms with van der Waals surface area (Å²) >= 11 is 0. The zero-order valence-corrected chi connectivity index (χ0v) is 23.8. The van der Waals surface area contributed by atoms with Crippen LogP contribution in [-0.2, 0) is 19.1 Å². The van der Waals surface area contributed by atoms with Gasteiger partial charge in [-0.05, 0) is 49.7 Å². The van der Waals surface area contributed by atoms with Crippen molar-refractivity contribution in [3.05, 3.63) is 36.1 Å². The van der Waals surface area contributed by atoms with Gasteiger partial charge in [0.05, 0.1) is 7.11 Å². The predicted molar refractivity (Wildman–Crippen MR) is 148 cm³/mol. The number of urea groups is 1. The summed E-state index contributed by atoms with van der Waals surface area (Å²) in [6.45, 7) is 7.85. The molecule has 218 valence electrons. The van der Waals surface area contributed by atoms with Crippen molar-refractivity contribution in [2.75, 3.05) is 13.7 Å². The minimum atomic E-state index is -1.25. The molecule has 1 aromatic heterocycles. The Hall–Kier alpha value is -3.89. The number of fused-ring (bicyclic) bond motifs is 1. The molecule has 2 aromatic rings. The van der Waals surface area contributed by atoms with Crippen LogP contribution < -0.4 is 16.0 Å². The molecule has 1 aliphatic heterocycles. The van der Waals surface area contributed by atoms with Crippen LogP contribution in [0.15, 0.2) is 34.7 Å². The van der Waals surface area contributed by atoms with Gasteiger partial charge in [-0.1, -0.05) is 45.9 Å². The van der Waals surface area contributed by atoms with Gasteiger partial charge in [0.15, 0.2) is 17.7 Å². The van der Waals surface area contributed by atoms with E-state index >= 15 is 0 Å². The Bertz CT molecular complexity index is 1190. The van der Waals surface area contributed by atoms with E-state index < -0.39 is 42.1 Å². The van der Waals surface area contributed by atoms with Crippen molar-refractivity contribution in [2.45, 2.75) is 78.0 Å². The van der Waals surface area contributed by atoms with E-state index in [-0.39, 0.29) is 36.3 Å². The first-order valence-electron chi connectivity index (χ1n) is 13.8. The van der Waals surface area contributed by atoms with Crippen LogP contribution in [0.1, 0.15) is 70.4 Å². The third kappa shape index (κ3) is 8.06. The number of benzene rings is 1. The molecule has 1 aliphatic rings. The molecular weight excluding hydrogens is 516 g/mol. The average molecular weight is 557 g/mol. The maximum Gasteiger partial charge on any atom is 0.328 e. The highest BCUT2D eigenvalue weighted by atomic mass is 16.5. The fourth-order valence-corrected chi connectivity index (χ4v) is 4.72. The molecule has 11 nitrogen and oxygen atoms in total. The molecule has 1 fully saturated rings. The van der Waals surface area contributed by atoms with Crippen molar-refractivity contribution in [3.63, 3.8) is 0 Å². The summed E-state index contributed by atoms with van der Waals surface area (Å²) in [5, 5.41) is 8.86. The van der Waals surface area contributed by atoms with Gasteiger partial charge in [0.1, 0.15) is 17.7 Å². The number of carbonyl (C=O) groups excluding carboxylic acids is 5. The molecule has 0 unspecified atom stereocenters. The van der Waals surface area contributed by atoms with Crippen LogP contribution in [0.5, 0.6) is 0 Å². The van der Waals surface area contributed by atoms with E-state index in [1.54, 1.807) is 18.2 Å². The molecule has 1 aromatic carbocycles. The van der Waals surface area contributed by atoms with E-state index in [4.69, 9.17) is 9.15 Å². The Morgan fingerprint density at radius 3 is 2.33 bits per heavy atom. The van der Waals surface area contributed by atoms with Gasteiger partial charge in [0, 0.05) is 18.4 Å². The number of ketones is 1. The van der Waals surface area contributed by atoms with Crippen molar-refractivity contribution < 1.29 is 33.1 Å². The molecule has 4 amide bonds. The first-order valence-corrected chi connectivity index (χ1v) is 13.8. The zero-order chi connectivity index (χ0) is 29.4. The Balaban J connectivity index is 1.79. The monoisotopic (exact) mass is 556 g/mol. The Morgan fingerprint density at radius 2 is 1.68 bits per heavy atom. The van der Waals surface area contributed by atoms with Crippen LogP contribution in [0.4, 0.5) is 4.79 Å². The minimum Gasteiger partial charge on any atom is -0.467 e. The fraction of sp³-hybridized carbons (Fsp3) is 0.552. The predicted octanol–water partition coefficient (Wildman–Crippen LogP) is 3.37. The van der Waals surface area contributed by atoms with Gasteiger partial charge >= 0.3 is 12.0 Å². The summed E-state index contributed by atoms with van der Waals surface area (Å²) < 4.78 is 10.5. The van der Waals surface area contributed by atoms with E-state index in [1.807, 2.05) is 39.8 Å². The lowest BCUT2D eigenvalue weighted by Gasteiger charge is -2.32. The molecule has 0 saturated carbocycles. The number of hydrogen-bond acceptors (Lipinski definition) is 7. The summed E-state index contributed by atoms with van der Waals surface area (Å²) in [5.41, 5.74) is 0.547. The summed E-state index contributed by atoms with van der Waals surface area (Å²) in [5.74, 6) is -1.88. The second-order valence-corrected chi connectivity index (χ2v) is 11.0. The number of furan rings is 1. The van der Waals surface area contributed by atoms with Crippen molar-refractivity contribution >= 4 is 40.6 Å². The number of likely N-dealkylation sites (tertiary alicyclic amines) is 1. The molecule has 0 aliphatic carbocycles. The van der Waals surface area contributed by atoms with E-state index in [9.17, 15) is 24.0 Å². The van der Waals surface area contributed by atoms with Gasteiger partial charge in [0.2, 0.25) is 5.91 Å². The number of hydrogen-bond donors (Lipinski definition) is 3. The van der Waals surface area contributed by atoms with Crippen LogP contribution in [0, 0.1) is 11.8 Å². The van der Waals surface area contributed by atoms with Gasteiger partial charge in [-0.25, -0.2) is 9.59 Å². The largest absolute Gasteiger partial charge is 0.467 e. The van der Waals surface area contributed by atoms with Crippen molar-refractivity contribution in [3.8, 4) is 0 Å². The van der Waals surface area contributed by atoms with E-state index in [0.717, 1.165) is 5.39 Å². The highest BCUT2D eigenvalue weighted by Gasteiger charge is 2.36. The topological polar surface area (TPSA) is 147 Å². The number of esters is 1. The number of rotatable bonds is 10. The quantitative estimate of drug-likeness (QED) is 0.380. The lowest BCUT2D eigenvalue weighted by atomic mass is 10.0. The number of amides is 4. The highest BCUT2D eigenvalue weighted by Crippen LogP contribution is 2.20. The summed E-state index contributed by atoms with van der Waals surface area (Å²) in [7, 11) is 1.24. The molecular formula is C29H40N4O7. The van der Waals surface area contributed by atoms with Crippen LogP contribution >= 0.6 is 0 Å². The number of Topliss-reactive ketones (excluding diaryl/α,β-unsaturated/α-hetero) is 1.